The number of hydrogen-bond acceptors (Lipinski definition) is 3. The molecule has 7 heteroatoms. The van der Waals surface area contributed by atoms with Gasteiger partial charge < -0.3 is 4.74 Å². The molecule has 2 aromatic rings. The Bertz CT molecular complexity index is 815. The van der Waals surface area contributed by atoms with Gasteiger partial charge in [-0.2, -0.15) is 0 Å². The molecule has 0 bridgehead atoms. The summed E-state index contributed by atoms with van der Waals surface area (Å²) in [5.74, 6) is -1.58. The van der Waals surface area contributed by atoms with Crippen molar-refractivity contribution >= 4 is 17.4 Å². The smallest absolute Gasteiger partial charge is 0.406 e. The molecule has 0 N–H and O–H groups in total. The molecule has 1 atom stereocenters. The second-order valence-electron chi connectivity index (χ2n) is 5.77. The maximum Gasteiger partial charge on any atom is 0.573 e. The summed E-state index contributed by atoms with van der Waals surface area (Å²) in [5.41, 5.74) is 2.13. The van der Waals surface area contributed by atoms with Crippen LogP contribution in [0.4, 0.5) is 18.9 Å². The number of rotatable bonds is 3. The fraction of sp³-hybridized carbons (Fsp3) is 0.222. The number of ketones is 1. The lowest BCUT2D eigenvalue weighted by molar-refractivity contribution is -0.274. The van der Waals surface area contributed by atoms with Gasteiger partial charge in [-0.05, 0) is 36.8 Å². The van der Waals surface area contributed by atoms with Crippen molar-refractivity contribution in [3.63, 3.8) is 0 Å². The van der Waals surface area contributed by atoms with E-state index >= 15 is 0 Å². The molecular formula is C18H14F3NO3. The van der Waals surface area contributed by atoms with Gasteiger partial charge in [-0.25, -0.2) is 0 Å². The minimum Gasteiger partial charge on any atom is -0.406 e. The van der Waals surface area contributed by atoms with E-state index in [0.29, 0.717) is 5.69 Å². The van der Waals surface area contributed by atoms with E-state index in [4.69, 9.17) is 0 Å². The Morgan fingerprint density at radius 3 is 2.36 bits per heavy atom. The van der Waals surface area contributed by atoms with Gasteiger partial charge in [0.05, 0.1) is 6.04 Å². The van der Waals surface area contributed by atoms with Crippen molar-refractivity contribution in [3.05, 3.63) is 59.7 Å². The van der Waals surface area contributed by atoms with Crippen LogP contribution in [0.2, 0.25) is 0 Å². The minimum absolute atomic E-state index is 0.0308. The molecule has 1 aliphatic rings. The molecule has 1 amide bonds. The molecule has 2 aromatic carbocycles. The Kier molecular flexibility index (Phi) is 4.24. The summed E-state index contributed by atoms with van der Waals surface area (Å²) in [5, 5.41) is 0. The molecule has 1 saturated heterocycles. The SMILES string of the molecule is Cc1cccc(C2CC(=O)C(=O)N2c2ccc(OC(F)(F)F)cc2)c1. The van der Waals surface area contributed by atoms with Crippen molar-refractivity contribution in [2.45, 2.75) is 25.7 Å². The molecule has 1 heterocycles. The van der Waals surface area contributed by atoms with Gasteiger partial charge in [0, 0.05) is 12.1 Å². The monoisotopic (exact) mass is 349 g/mol. The van der Waals surface area contributed by atoms with Gasteiger partial charge in [-0.1, -0.05) is 29.8 Å². The van der Waals surface area contributed by atoms with Crippen LogP contribution in [0.15, 0.2) is 48.5 Å². The predicted octanol–water partition coefficient (Wildman–Crippen LogP) is 3.94. The average molecular weight is 349 g/mol. The molecule has 130 valence electrons. The Balaban J connectivity index is 1.92. The van der Waals surface area contributed by atoms with Gasteiger partial charge in [0.1, 0.15) is 5.75 Å². The number of carbonyl (C=O) groups excluding carboxylic acids is 2. The van der Waals surface area contributed by atoms with Gasteiger partial charge in [0.2, 0.25) is 5.78 Å². The Morgan fingerprint density at radius 2 is 1.76 bits per heavy atom. The zero-order valence-corrected chi connectivity index (χ0v) is 13.2. The molecule has 1 unspecified atom stereocenters. The highest BCUT2D eigenvalue weighted by Crippen LogP contribution is 2.36. The largest absolute Gasteiger partial charge is 0.573 e. The Morgan fingerprint density at radius 1 is 1.08 bits per heavy atom. The van der Waals surface area contributed by atoms with Crippen molar-refractivity contribution in [1.82, 2.24) is 0 Å². The lowest BCUT2D eigenvalue weighted by Gasteiger charge is -2.25. The highest BCUT2D eigenvalue weighted by atomic mass is 19.4. The van der Waals surface area contributed by atoms with Gasteiger partial charge >= 0.3 is 6.36 Å². The van der Waals surface area contributed by atoms with Gasteiger partial charge in [0.15, 0.2) is 0 Å². The van der Waals surface area contributed by atoms with Gasteiger partial charge in [0.25, 0.3) is 5.91 Å². The van der Waals surface area contributed by atoms with Crippen LogP contribution in [0.3, 0.4) is 0 Å². The van der Waals surface area contributed by atoms with E-state index < -0.39 is 24.1 Å². The topological polar surface area (TPSA) is 46.6 Å². The molecule has 0 aliphatic carbocycles. The van der Waals surface area contributed by atoms with Crippen LogP contribution in [0.5, 0.6) is 5.75 Å². The summed E-state index contributed by atoms with van der Waals surface area (Å²) in [6.07, 6.45) is -4.76. The third-order valence-electron chi connectivity index (χ3n) is 3.92. The van der Waals surface area contributed by atoms with Crippen LogP contribution < -0.4 is 9.64 Å². The summed E-state index contributed by atoms with van der Waals surface area (Å²) in [6.45, 7) is 1.90. The molecule has 0 aromatic heterocycles. The number of nitrogens with zero attached hydrogens (tertiary/aromatic N) is 1. The molecule has 1 aliphatic heterocycles. The van der Waals surface area contributed by atoms with Crippen LogP contribution >= 0.6 is 0 Å². The first-order valence-electron chi connectivity index (χ1n) is 7.53. The number of anilines is 1. The standard InChI is InChI=1S/C18H14F3NO3/c1-11-3-2-4-12(9-11)15-10-16(23)17(24)22(15)13-5-7-14(8-6-13)25-18(19,20)21/h2-9,15H,10H2,1H3. The minimum atomic E-state index is -4.79. The molecule has 1 fully saturated rings. The third kappa shape index (κ3) is 3.65. The Labute approximate surface area is 141 Å². The molecule has 0 spiro atoms. The fourth-order valence-electron chi connectivity index (χ4n) is 2.88. The first-order valence-corrected chi connectivity index (χ1v) is 7.53. The summed E-state index contributed by atoms with van der Waals surface area (Å²) >= 11 is 0. The zero-order chi connectivity index (χ0) is 18.2. The summed E-state index contributed by atoms with van der Waals surface area (Å²) in [4.78, 5) is 25.5. The van der Waals surface area contributed by atoms with E-state index in [1.807, 2.05) is 31.2 Å². The number of carbonyl (C=O) groups is 2. The predicted molar refractivity (Wildman–Crippen MR) is 84.2 cm³/mol. The van der Waals surface area contributed by atoms with Gasteiger partial charge in [-0.3, -0.25) is 14.5 Å². The maximum atomic E-state index is 12.3. The second-order valence-corrected chi connectivity index (χ2v) is 5.77. The van der Waals surface area contributed by atoms with Crippen LogP contribution in [0, 0.1) is 6.92 Å². The Hall–Kier alpha value is -2.83. The number of aryl methyl sites for hydroxylation is 1. The fourth-order valence-corrected chi connectivity index (χ4v) is 2.88. The van der Waals surface area contributed by atoms with E-state index in [0.717, 1.165) is 23.3 Å². The number of benzene rings is 2. The first kappa shape index (κ1) is 17.0. The van der Waals surface area contributed by atoms with Crippen molar-refractivity contribution in [2.75, 3.05) is 4.90 Å². The summed E-state index contributed by atoms with van der Waals surface area (Å²) in [6, 6.07) is 11.8. The van der Waals surface area contributed by atoms with Crippen molar-refractivity contribution in [1.29, 1.82) is 0 Å². The summed E-state index contributed by atoms with van der Waals surface area (Å²) in [7, 11) is 0. The normalized spacial score (nSPS) is 17.9. The van der Waals surface area contributed by atoms with Crippen molar-refractivity contribution in [3.8, 4) is 5.75 Å². The quantitative estimate of drug-likeness (QED) is 0.789. The number of halogens is 3. The third-order valence-corrected chi connectivity index (χ3v) is 3.92. The van der Waals surface area contributed by atoms with Crippen LogP contribution in [0.1, 0.15) is 23.6 Å². The molecule has 0 radical (unpaired) electrons. The highest BCUT2D eigenvalue weighted by molar-refractivity contribution is 6.44. The number of alkyl halides is 3. The number of ether oxygens (including phenoxy) is 1. The number of Topliss-reactive ketones (excluding diaryl/α,β-unsaturated/α-hetero) is 1. The van der Waals surface area contributed by atoms with Crippen molar-refractivity contribution < 1.29 is 27.5 Å². The van der Waals surface area contributed by atoms with E-state index in [-0.39, 0.29) is 12.2 Å². The molecular weight excluding hydrogens is 335 g/mol. The highest BCUT2D eigenvalue weighted by Gasteiger charge is 2.40. The molecule has 4 nitrogen and oxygen atoms in total. The van der Waals surface area contributed by atoms with E-state index in [1.165, 1.54) is 17.0 Å². The van der Waals surface area contributed by atoms with Crippen molar-refractivity contribution in [2.24, 2.45) is 0 Å². The average Bonchev–Trinajstić information content (AvgIpc) is 2.82. The maximum absolute atomic E-state index is 12.3. The zero-order valence-electron chi connectivity index (χ0n) is 13.2. The van der Waals surface area contributed by atoms with E-state index in [9.17, 15) is 22.8 Å². The molecule has 0 saturated carbocycles. The van der Waals surface area contributed by atoms with Crippen LogP contribution in [-0.4, -0.2) is 18.1 Å². The number of amides is 1. The first-order chi connectivity index (χ1) is 11.7. The molecule has 3 rings (SSSR count). The van der Waals surface area contributed by atoms with Crippen LogP contribution in [-0.2, 0) is 9.59 Å². The summed E-state index contributed by atoms with van der Waals surface area (Å²) < 4.78 is 40.6. The van der Waals surface area contributed by atoms with E-state index in [1.54, 1.807) is 0 Å². The van der Waals surface area contributed by atoms with E-state index in [2.05, 4.69) is 4.74 Å². The number of hydrogen-bond donors (Lipinski definition) is 0. The van der Waals surface area contributed by atoms with Crippen LogP contribution in [0.25, 0.3) is 0 Å². The lowest BCUT2D eigenvalue weighted by atomic mass is 10.0. The molecule has 25 heavy (non-hydrogen) atoms. The second kappa shape index (κ2) is 6.23. The lowest BCUT2D eigenvalue weighted by Crippen LogP contribution is -2.29. The van der Waals surface area contributed by atoms with Gasteiger partial charge in [-0.15, -0.1) is 13.2 Å².